The van der Waals surface area contributed by atoms with Crippen LogP contribution in [0.15, 0.2) is 58.4 Å². The number of aromatic hydroxyl groups is 1. The molecule has 148 valence electrons. The number of phenols is 1. The molecule has 4 N–H and O–H groups in total. The second kappa shape index (κ2) is 7.09. The van der Waals surface area contributed by atoms with E-state index in [4.69, 9.17) is 0 Å². The van der Waals surface area contributed by atoms with E-state index in [2.05, 4.69) is 20.6 Å². The molecule has 1 saturated carbocycles. The summed E-state index contributed by atoms with van der Waals surface area (Å²) in [5.74, 6) is 0.178. The number of aromatic nitrogens is 2. The van der Waals surface area contributed by atoms with Gasteiger partial charge in [-0.25, -0.2) is 4.98 Å². The van der Waals surface area contributed by atoms with Gasteiger partial charge in [0.05, 0.1) is 22.9 Å². The third-order valence-corrected chi connectivity index (χ3v) is 5.11. The maximum Gasteiger partial charge on any atom is 0.253 e. The molecule has 0 unspecified atom stereocenters. The summed E-state index contributed by atoms with van der Waals surface area (Å²) < 4.78 is 0. The Balaban J connectivity index is 0.000000994. The highest BCUT2D eigenvalue weighted by molar-refractivity contribution is 5.84. The third kappa shape index (κ3) is 3.24. The van der Waals surface area contributed by atoms with E-state index in [1.54, 1.807) is 24.5 Å². The lowest BCUT2D eigenvalue weighted by Crippen LogP contribution is -2.39. The van der Waals surface area contributed by atoms with Crippen LogP contribution in [-0.4, -0.2) is 15.1 Å². The monoisotopic (exact) mass is 390 g/mol. The summed E-state index contributed by atoms with van der Waals surface area (Å²) in [5, 5.41) is 16.0. The topological polar surface area (TPSA) is 107 Å². The van der Waals surface area contributed by atoms with Crippen molar-refractivity contribution in [3.8, 4) is 5.75 Å². The predicted octanol–water partition coefficient (Wildman–Crippen LogP) is 3.74. The zero-order valence-corrected chi connectivity index (χ0v) is 16.2. The first-order valence-electron chi connectivity index (χ1n) is 9.67. The van der Waals surface area contributed by atoms with Crippen molar-refractivity contribution in [2.45, 2.75) is 32.2 Å². The summed E-state index contributed by atoms with van der Waals surface area (Å²) >= 11 is 0. The Morgan fingerprint density at radius 1 is 1.03 bits per heavy atom. The van der Waals surface area contributed by atoms with Gasteiger partial charge in [-0.3, -0.25) is 9.59 Å². The summed E-state index contributed by atoms with van der Waals surface area (Å²) in [5.41, 5.74) is 2.36. The average molecular weight is 390 g/mol. The van der Waals surface area contributed by atoms with Crippen molar-refractivity contribution < 1.29 is 5.11 Å². The van der Waals surface area contributed by atoms with E-state index >= 15 is 0 Å². The standard InChI is InChI=1S/C20H16N4O3.C2H6/c25-13-3-1-2-11(8-13)20(6-7-20)24-17-16(18(26)19(17)27)23-12-4-5-14-15(9-12)22-10-21-14;1-2/h1-5,8-10,23-25H,6-7H2,(H,21,22);1-2H3. The number of H-pyrrole nitrogens is 1. The Bertz CT molecular complexity index is 1250. The minimum atomic E-state index is -0.533. The highest BCUT2D eigenvalue weighted by Crippen LogP contribution is 2.49. The van der Waals surface area contributed by atoms with Gasteiger partial charge < -0.3 is 20.7 Å². The lowest BCUT2D eigenvalue weighted by molar-refractivity contribution is 0.474. The highest BCUT2D eigenvalue weighted by atomic mass is 16.3. The van der Waals surface area contributed by atoms with Gasteiger partial charge in [0.15, 0.2) is 0 Å². The summed E-state index contributed by atoms with van der Waals surface area (Å²) in [6.45, 7) is 4.00. The zero-order chi connectivity index (χ0) is 20.6. The van der Waals surface area contributed by atoms with Crippen molar-refractivity contribution in [1.82, 2.24) is 9.97 Å². The first kappa shape index (κ1) is 18.7. The Morgan fingerprint density at radius 2 is 1.79 bits per heavy atom. The molecule has 4 aromatic rings. The summed E-state index contributed by atoms with van der Waals surface area (Å²) in [6.07, 6.45) is 3.26. The van der Waals surface area contributed by atoms with Crippen LogP contribution in [0, 0.1) is 0 Å². The van der Waals surface area contributed by atoms with E-state index < -0.39 is 16.4 Å². The summed E-state index contributed by atoms with van der Waals surface area (Å²) in [4.78, 5) is 31.5. The van der Waals surface area contributed by atoms with Crippen molar-refractivity contribution in [3.05, 3.63) is 74.8 Å². The third-order valence-electron chi connectivity index (χ3n) is 5.11. The molecule has 29 heavy (non-hydrogen) atoms. The van der Waals surface area contributed by atoms with E-state index in [1.807, 2.05) is 38.1 Å². The fourth-order valence-corrected chi connectivity index (χ4v) is 3.44. The number of phenolic OH excluding ortho intramolecular Hbond substituents is 1. The molecule has 1 aromatic heterocycles. The number of hydrogen-bond donors (Lipinski definition) is 4. The minimum absolute atomic E-state index is 0.178. The minimum Gasteiger partial charge on any atom is -0.508 e. The van der Waals surface area contributed by atoms with E-state index in [1.165, 1.54) is 0 Å². The van der Waals surface area contributed by atoms with E-state index in [9.17, 15) is 14.7 Å². The highest BCUT2D eigenvalue weighted by Gasteiger charge is 2.46. The maximum absolute atomic E-state index is 12.2. The zero-order valence-electron chi connectivity index (χ0n) is 16.2. The molecule has 0 aliphatic heterocycles. The van der Waals surface area contributed by atoms with Crippen LogP contribution in [0.1, 0.15) is 32.3 Å². The van der Waals surface area contributed by atoms with Gasteiger partial charge in [-0.05, 0) is 48.7 Å². The van der Waals surface area contributed by atoms with E-state index in [0.29, 0.717) is 11.4 Å². The quantitative estimate of drug-likeness (QED) is 0.387. The molecule has 0 radical (unpaired) electrons. The van der Waals surface area contributed by atoms with Crippen molar-refractivity contribution in [2.75, 3.05) is 10.6 Å². The number of rotatable bonds is 5. The molecule has 0 bridgehead atoms. The van der Waals surface area contributed by atoms with Gasteiger partial charge >= 0.3 is 0 Å². The Morgan fingerprint density at radius 3 is 2.52 bits per heavy atom. The number of aromatic amines is 1. The van der Waals surface area contributed by atoms with E-state index in [0.717, 1.165) is 29.4 Å². The van der Waals surface area contributed by atoms with Crippen LogP contribution < -0.4 is 21.5 Å². The first-order chi connectivity index (χ1) is 14.1. The van der Waals surface area contributed by atoms with Crippen LogP contribution in [-0.2, 0) is 5.54 Å². The number of benzene rings is 2. The largest absolute Gasteiger partial charge is 0.508 e. The van der Waals surface area contributed by atoms with Crippen LogP contribution >= 0.6 is 0 Å². The van der Waals surface area contributed by atoms with Crippen LogP contribution in [0.25, 0.3) is 11.0 Å². The second-order valence-corrected chi connectivity index (χ2v) is 6.93. The predicted molar refractivity (Wildman–Crippen MR) is 115 cm³/mol. The molecule has 0 spiro atoms. The van der Waals surface area contributed by atoms with Gasteiger partial charge in [0.2, 0.25) is 0 Å². The number of fused-ring (bicyclic) bond motifs is 1. The van der Waals surface area contributed by atoms with Crippen molar-refractivity contribution >= 4 is 28.1 Å². The molecular formula is C22H22N4O3. The molecule has 1 aliphatic rings. The molecule has 5 rings (SSSR count). The maximum atomic E-state index is 12.2. The molecule has 3 aromatic carbocycles. The van der Waals surface area contributed by atoms with Gasteiger partial charge in [0.25, 0.3) is 10.9 Å². The van der Waals surface area contributed by atoms with E-state index in [-0.39, 0.29) is 11.4 Å². The number of anilines is 3. The molecule has 0 saturated heterocycles. The SMILES string of the molecule is CC.O=c1c(Nc2ccc3nc[nH]c3c2)c(NC2(c3cccc(O)c3)CC2)c1=O. The molecule has 1 heterocycles. The van der Waals surface area contributed by atoms with Crippen LogP contribution in [0.4, 0.5) is 17.1 Å². The average Bonchev–Trinajstić information content (AvgIpc) is 3.40. The number of imidazole rings is 1. The van der Waals surface area contributed by atoms with Crippen LogP contribution in [0.5, 0.6) is 5.75 Å². The smallest absolute Gasteiger partial charge is 0.253 e. The van der Waals surface area contributed by atoms with Gasteiger partial charge in [0, 0.05) is 5.69 Å². The molecule has 7 nitrogen and oxygen atoms in total. The second-order valence-electron chi connectivity index (χ2n) is 6.93. The number of nitrogens with one attached hydrogen (secondary N) is 3. The van der Waals surface area contributed by atoms with Crippen molar-refractivity contribution in [1.29, 1.82) is 0 Å². The van der Waals surface area contributed by atoms with Crippen LogP contribution in [0.2, 0.25) is 0 Å². The van der Waals surface area contributed by atoms with Gasteiger partial charge in [-0.15, -0.1) is 0 Å². The lowest BCUT2D eigenvalue weighted by Gasteiger charge is -2.22. The Labute approximate surface area is 167 Å². The van der Waals surface area contributed by atoms with Gasteiger partial charge in [0.1, 0.15) is 17.1 Å². The molecule has 0 amide bonds. The molecular weight excluding hydrogens is 368 g/mol. The Kier molecular flexibility index (Phi) is 4.58. The summed E-state index contributed by atoms with van der Waals surface area (Å²) in [7, 11) is 0. The lowest BCUT2D eigenvalue weighted by atomic mass is 10.0. The fraction of sp³-hybridized carbons (Fsp3) is 0.227. The molecule has 1 fully saturated rings. The Hall–Kier alpha value is -3.61. The fourth-order valence-electron chi connectivity index (χ4n) is 3.44. The van der Waals surface area contributed by atoms with Gasteiger partial charge in [-0.2, -0.15) is 0 Å². The van der Waals surface area contributed by atoms with Crippen LogP contribution in [0.3, 0.4) is 0 Å². The van der Waals surface area contributed by atoms with Crippen molar-refractivity contribution in [3.63, 3.8) is 0 Å². The number of hydrogen-bond acceptors (Lipinski definition) is 6. The molecule has 1 aliphatic carbocycles. The van der Waals surface area contributed by atoms with Crippen molar-refractivity contribution in [2.24, 2.45) is 0 Å². The normalized spacial score (nSPS) is 14.3. The van der Waals surface area contributed by atoms with Gasteiger partial charge in [-0.1, -0.05) is 26.0 Å². The molecule has 0 atom stereocenters. The number of nitrogens with zero attached hydrogens (tertiary/aromatic N) is 1. The first-order valence-corrected chi connectivity index (χ1v) is 9.67. The summed E-state index contributed by atoms with van der Waals surface area (Å²) in [6, 6.07) is 12.5. The molecule has 7 heteroatoms.